The molecule has 0 aliphatic carbocycles. The Morgan fingerprint density at radius 3 is 1.94 bits per heavy atom. The monoisotopic (exact) mass is 491 g/mol. The van der Waals surface area contributed by atoms with Crippen molar-refractivity contribution in [1.29, 1.82) is 0 Å². The van der Waals surface area contributed by atoms with Gasteiger partial charge in [0.2, 0.25) is 5.78 Å². The summed E-state index contributed by atoms with van der Waals surface area (Å²) in [4.78, 5) is 23.8. The van der Waals surface area contributed by atoms with Gasteiger partial charge < -0.3 is 18.1 Å². The predicted octanol–water partition coefficient (Wildman–Crippen LogP) is 4.31. The Balaban J connectivity index is 2.60. The molecule has 2 rings (SSSR count). The Labute approximate surface area is 185 Å². The SMILES string of the molecule is CCOP(=O)(OCC)C1(P(=O)(OCC)OCC)CC(C(=O)c2ccccc2[N+](=O)[O-])=NN1. The minimum Gasteiger partial charge on any atom is -0.307 e. The van der Waals surface area contributed by atoms with E-state index in [2.05, 4.69) is 10.5 Å². The Hall–Kier alpha value is -1.94. The highest BCUT2D eigenvalue weighted by molar-refractivity contribution is 7.74. The molecule has 1 aliphatic heterocycles. The number of para-hydroxylation sites is 1. The Kier molecular flexibility index (Phi) is 8.87. The average Bonchev–Trinajstić information content (AvgIpc) is 3.22. The summed E-state index contributed by atoms with van der Waals surface area (Å²) in [5, 5.41) is 13.2. The van der Waals surface area contributed by atoms with Crippen LogP contribution in [0, 0.1) is 10.1 Å². The van der Waals surface area contributed by atoms with Gasteiger partial charge in [-0.15, -0.1) is 0 Å². The zero-order valence-electron chi connectivity index (χ0n) is 18.3. The van der Waals surface area contributed by atoms with Gasteiger partial charge >= 0.3 is 15.2 Å². The average molecular weight is 491 g/mol. The van der Waals surface area contributed by atoms with Crippen molar-refractivity contribution in [3.8, 4) is 0 Å². The first-order valence-electron chi connectivity index (χ1n) is 10.1. The van der Waals surface area contributed by atoms with E-state index in [1.165, 1.54) is 24.3 Å². The van der Waals surface area contributed by atoms with Crippen LogP contribution in [0.4, 0.5) is 5.69 Å². The van der Waals surface area contributed by atoms with Crippen LogP contribution in [-0.2, 0) is 27.2 Å². The maximum atomic E-state index is 13.9. The predicted molar refractivity (Wildman–Crippen MR) is 117 cm³/mol. The van der Waals surface area contributed by atoms with Gasteiger partial charge in [-0.2, -0.15) is 5.10 Å². The summed E-state index contributed by atoms with van der Waals surface area (Å²) in [6.07, 6.45) is -0.521. The number of nitrogens with one attached hydrogen (secondary N) is 1. The smallest absolute Gasteiger partial charge is 0.307 e. The summed E-state index contributed by atoms with van der Waals surface area (Å²) in [5.74, 6) is -0.800. The molecular formula is C18H27N3O9P2. The van der Waals surface area contributed by atoms with E-state index in [1.54, 1.807) is 27.7 Å². The third kappa shape index (κ3) is 4.71. The second-order valence-corrected chi connectivity index (χ2v) is 11.3. The largest absolute Gasteiger partial charge is 0.370 e. The van der Waals surface area contributed by atoms with Gasteiger partial charge in [0.15, 0.2) is 0 Å². The molecule has 1 heterocycles. The summed E-state index contributed by atoms with van der Waals surface area (Å²) in [5.41, 5.74) is 1.61. The molecule has 0 fully saturated rings. The van der Waals surface area contributed by atoms with Crippen LogP contribution in [0.2, 0.25) is 0 Å². The van der Waals surface area contributed by atoms with Crippen molar-refractivity contribution in [2.45, 2.75) is 39.1 Å². The fourth-order valence-electron chi connectivity index (χ4n) is 3.23. The number of nitrogens with zero attached hydrogens (tertiary/aromatic N) is 2. The van der Waals surface area contributed by atoms with Crippen LogP contribution in [0.3, 0.4) is 0 Å². The number of nitro groups is 1. The molecule has 0 unspecified atom stereocenters. The quantitative estimate of drug-likeness (QED) is 0.182. The number of hydrogen-bond acceptors (Lipinski definition) is 11. The van der Waals surface area contributed by atoms with Crippen molar-refractivity contribution in [2.75, 3.05) is 26.4 Å². The summed E-state index contributed by atoms with van der Waals surface area (Å²) < 4.78 is 49.5. The van der Waals surface area contributed by atoms with E-state index >= 15 is 0 Å². The van der Waals surface area contributed by atoms with Crippen molar-refractivity contribution in [2.24, 2.45) is 5.10 Å². The molecule has 0 saturated carbocycles. The highest BCUT2D eigenvalue weighted by Crippen LogP contribution is 2.78. The van der Waals surface area contributed by atoms with Crippen molar-refractivity contribution < 1.29 is 36.9 Å². The molecular weight excluding hydrogens is 464 g/mol. The first-order chi connectivity index (χ1) is 15.1. The number of Topliss-reactive ketones (excluding diaryl/α,β-unsaturated/α-hetero) is 1. The lowest BCUT2D eigenvalue weighted by atomic mass is 10.0. The van der Waals surface area contributed by atoms with Crippen molar-refractivity contribution >= 4 is 32.4 Å². The van der Waals surface area contributed by atoms with E-state index in [9.17, 15) is 24.0 Å². The molecule has 0 spiro atoms. The van der Waals surface area contributed by atoms with E-state index < -0.39 is 43.0 Å². The molecule has 32 heavy (non-hydrogen) atoms. The first-order valence-corrected chi connectivity index (χ1v) is 13.1. The normalized spacial score (nSPS) is 15.8. The summed E-state index contributed by atoms with van der Waals surface area (Å²) in [6.45, 7) is 6.03. The van der Waals surface area contributed by atoms with Gasteiger partial charge in [-0.25, -0.2) is 0 Å². The standard InChI is InChI=1S/C18H27N3O9P2/c1-5-27-31(25,28-6-2)18(32(26,29-7-3)30-8-4)13-15(19-20-18)17(22)14-11-9-10-12-16(14)21(23)24/h9-12,20H,5-8,13H2,1-4H3. The lowest BCUT2D eigenvalue weighted by Gasteiger charge is -2.38. The zero-order chi connectivity index (χ0) is 24.0. The highest BCUT2D eigenvalue weighted by Gasteiger charge is 2.68. The molecule has 0 bridgehead atoms. The second kappa shape index (κ2) is 10.8. The van der Waals surface area contributed by atoms with Gasteiger partial charge in [0.05, 0.1) is 31.4 Å². The van der Waals surface area contributed by atoms with Crippen LogP contribution in [0.25, 0.3) is 0 Å². The van der Waals surface area contributed by atoms with E-state index in [0.717, 1.165) is 0 Å². The van der Waals surface area contributed by atoms with Crippen molar-refractivity contribution in [1.82, 2.24) is 5.43 Å². The molecule has 1 aliphatic rings. The molecule has 0 amide bonds. The molecule has 0 atom stereocenters. The van der Waals surface area contributed by atoms with Gasteiger partial charge in [-0.1, -0.05) is 12.1 Å². The maximum Gasteiger partial charge on any atom is 0.370 e. The molecule has 0 radical (unpaired) electrons. The summed E-state index contributed by atoms with van der Waals surface area (Å²) in [7, 11) is -8.61. The van der Waals surface area contributed by atoms with E-state index in [1.807, 2.05) is 0 Å². The van der Waals surface area contributed by atoms with Crippen molar-refractivity contribution in [3.63, 3.8) is 0 Å². The molecule has 0 saturated heterocycles. The van der Waals surface area contributed by atoms with Gasteiger partial charge in [0.25, 0.3) is 10.7 Å². The van der Waals surface area contributed by atoms with E-state index in [-0.39, 0.29) is 37.7 Å². The third-order valence-electron chi connectivity index (χ3n) is 4.49. The molecule has 178 valence electrons. The second-order valence-electron chi connectivity index (χ2n) is 6.43. The molecule has 1 N–H and O–H groups in total. The van der Waals surface area contributed by atoms with E-state index in [4.69, 9.17) is 18.1 Å². The summed E-state index contributed by atoms with van der Waals surface area (Å²) >= 11 is 0. The fraction of sp³-hybridized carbons (Fsp3) is 0.556. The Bertz CT molecular complexity index is 932. The first kappa shape index (κ1) is 26.3. The van der Waals surface area contributed by atoms with Crippen molar-refractivity contribution in [3.05, 3.63) is 39.9 Å². The molecule has 1 aromatic rings. The molecule has 14 heteroatoms. The van der Waals surface area contributed by atoms with Gasteiger partial charge in [0.1, 0.15) is 11.3 Å². The maximum absolute atomic E-state index is 13.9. The minimum atomic E-state index is -4.30. The summed E-state index contributed by atoms with van der Waals surface area (Å²) in [6, 6.07) is 5.34. The number of hydrogen-bond donors (Lipinski definition) is 1. The van der Waals surface area contributed by atoms with Crippen LogP contribution in [0.1, 0.15) is 44.5 Å². The van der Waals surface area contributed by atoms with Crippen LogP contribution in [0.15, 0.2) is 29.4 Å². The Morgan fingerprint density at radius 2 is 1.50 bits per heavy atom. The van der Waals surface area contributed by atoms with Gasteiger partial charge in [-0.3, -0.25) is 29.5 Å². The van der Waals surface area contributed by atoms with Crippen LogP contribution < -0.4 is 5.43 Å². The number of hydrazone groups is 1. The number of carbonyl (C=O) groups is 1. The zero-order valence-corrected chi connectivity index (χ0v) is 20.1. The lowest BCUT2D eigenvalue weighted by molar-refractivity contribution is -0.385. The lowest BCUT2D eigenvalue weighted by Crippen LogP contribution is -2.42. The molecule has 1 aromatic carbocycles. The number of nitro benzene ring substituents is 1. The van der Waals surface area contributed by atoms with Crippen LogP contribution in [-0.4, -0.2) is 47.9 Å². The third-order valence-corrected chi connectivity index (χ3v) is 10.7. The number of carbonyl (C=O) groups excluding carboxylic acids is 1. The minimum absolute atomic E-state index is 0.0631. The number of benzene rings is 1. The van der Waals surface area contributed by atoms with Crippen LogP contribution in [0.5, 0.6) is 0 Å². The van der Waals surface area contributed by atoms with Gasteiger partial charge in [0, 0.05) is 12.5 Å². The molecule has 0 aromatic heterocycles. The Morgan fingerprint density at radius 1 is 1.03 bits per heavy atom. The number of ketones is 1. The topological polar surface area (TPSA) is 156 Å². The highest BCUT2D eigenvalue weighted by atomic mass is 31.2. The van der Waals surface area contributed by atoms with Gasteiger partial charge in [-0.05, 0) is 33.8 Å². The fourth-order valence-corrected chi connectivity index (χ4v) is 8.52. The molecule has 12 nitrogen and oxygen atoms in total. The van der Waals surface area contributed by atoms with E-state index in [0.29, 0.717) is 0 Å². The van der Waals surface area contributed by atoms with Crippen LogP contribution >= 0.6 is 15.2 Å². The number of rotatable bonds is 13.